The van der Waals surface area contributed by atoms with E-state index in [4.69, 9.17) is 9.47 Å². The summed E-state index contributed by atoms with van der Waals surface area (Å²) in [7, 11) is -1.99. The predicted molar refractivity (Wildman–Crippen MR) is 109 cm³/mol. The Morgan fingerprint density at radius 1 is 1.10 bits per heavy atom. The highest BCUT2D eigenvalue weighted by Gasteiger charge is 2.17. The fraction of sp³-hybridized carbons (Fsp3) is 0.350. The number of nitrogens with one attached hydrogen (secondary N) is 1. The van der Waals surface area contributed by atoms with Crippen LogP contribution < -0.4 is 19.1 Å². The largest absolute Gasteiger partial charge is 0.493 e. The minimum Gasteiger partial charge on any atom is -0.493 e. The zero-order valence-corrected chi connectivity index (χ0v) is 17.2. The van der Waals surface area contributed by atoms with Crippen molar-refractivity contribution < 1.29 is 27.1 Å². The fourth-order valence-corrected chi connectivity index (χ4v) is 3.62. The number of ether oxygens (including phenoxy) is 2. The number of rotatable bonds is 11. The second-order valence-corrected chi connectivity index (χ2v) is 8.17. The normalized spacial score (nSPS) is 11.0. The predicted octanol–water partition coefficient (Wildman–Crippen LogP) is 2.58. The van der Waals surface area contributed by atoms with Gasteiger partial charge in [-0.25, -0.2) is 12.8 Å². The van der Waals surface area contributed by atoms with E-state index in [1.165, 1.54) is 24.3 Å². The number of para-hydroxylation sites is 2. The highest BCUT2D eigenvalue weighted by Crippen LogP contribution is 2.25. The third-order valence-corrected chi connectivity index (χ3v) is 5.22. The molecule has 0 unspecified atom stereocenters. The minimum absolute atomic E-state index is 0.121. The number of sulfonamides is 1. The smallest absolute Gasteiger partial charge is 0.232 e. The van der Waals surface area contributed by atoms with Crippen LogP contribution in [0.3, 0.4) is 0 Å². The van der Waals surface area contributed by atoms with Crippen LogP contribution in [-0.2, 0) is 14.8 Å². The van der Waals surface area contributed by atoms with E-state index in [0.29, 0.717) is 30.2 Å². The molecule has 0 fully saturated rings. The van der Waals surface area contributed by atoms with Crippen LogP contribution in [0.4, 0.5) is 10.1 Å². The molecule has 0 bridgehead atoms. The number of hydrogen-bond donors (Lipinski definition) is 1. The van der Waals surface area contributed by atoms with Gasteiger partial charge in [-0.05, 0) is 42.8 Å². The second kappa shape index (κ2) is 10.7. The molecule has 0 spiro atoms. The molecule has 0 saturated carbocycles. The van der Waals surface area contributed by atoms with E-state index >= 15 is 0 Å². The van der Waals surface area contributed by atoms with Crippen molar-refractivity contribution >= 4 is 21.6 Å². The average molecular weight is 424 g/mol. The van der Waals surface area contributed by atoms with Gasteiger partial charge in [0.05, 0.1) is 25.6 Å². The number of methoxy groups -OCH3 is 1. The summed E-state index contributed by atoms with van der Waals surface area (Å²) in [5.41, 5.74) is 0.361. The van der Waals surface area contributed by atoms with Gasteiger partial charge in [0, 0.05) is 13.0 Å². The molecular weight excluding hydrogens is 399 g/mol. The van der Waals surface area contributed by atoms with Crippen molar-refractivity contribution in [1.29, 1.82) is 0 Å². The molecule has 2 aromatic carbocycles. The van der Waals surface area contributed by atoms with Crippen molar-refractivity contribution in [2.75, 3.05) is 37.4 Å². The lowest BCUT2D eigenvalue weighted by Gasteiger charge is -2.22. The van der Waals surface area contributed by atoms with E-state index in [9.17, 15) is 17.6 Å². The van der Waals surface area contributed by atoms with Gasteiger partial charge >= 0.3 is 0 Å². The van der Waals surface area contributed by atoms with Crippen LogP contribution in [-0.4, -0.2) is 47.4 Å². The molecule has 2 aromatic rings. The first-order valence-electron chi connectivity index (χ1n) is 9.07. The lowest BCUT2D eigenvalue weighted by Crippen LogP contribution is -2.32. The van der Waals surface area contributed by atoms with Crippen LogP contribution in [0.2, 0.25) is 0 Å². The minimum atomic E-state index is -3.54. The Hall–Kier alpha value is -2.81. The molecule has 9 heteroatoms. The molecule has 0 aromatic heterocycles. The summed E-state index contributed by atoms with van der Waals surface area (Å²) in [6.07, 6.45) is 1.55. The molecule has 29 heavy (non-hydrogen) atoms. The quantitative estimate of drug-likeness (QED) is 0.561. The topological polar surface area (TPSA) is 84.9 Å². The molecule has 0 saturated heterocycles. The SMILES string of the molecule is COc1ccccc1OCCNC(=O)CCCN(c1ccc(F)cc1)S(C)(=O)=O. The van der Waals surface area contributed by atoms with Crippen molar-refractivity contribution in [3.63, 3.8) is 0 Å². The zero-order valence-electron chi connectivity index (χ0n) is 16.4. The molecule has 158 valence electrons. The van der Waals surface area contributed by atoms with E-state index in [0.717, 1.165) is 10.6 Å². The maximum Gasteiger partial charge on any atom is 0.232 e. The molecule has 0 radical (unpaired) electrons. The van der Waals surface area contributed by atoms with Gasteiger partial charge in [-0.15, -0.1) is 0 Å². The molecule has 0 atom stereocenters. The number of amides is 1. The number of benzene rings is 2. The summed E-state index contributed by atoms with van der Waals surface area (Å²) < 4.78 is 49.0. The van der Waals surface area contributed by atoms with Crippen LogP contribution in [0.15, 0.2) is 48.5 Å². The number of halogens is 1. The first-order chi connectivity index (χ1) is 13.8. The van der Waals surface area contributed by atoms with Gasteiger partial charge in [-0.3, -0.25) is 9.10 Å². The third kappa shape index (κ3) is 7.26. The zero-order chi connectivity index (χ0) is 21.3. The number of nitrogens with zero attached hydrogens (tertiary/aromatic N) is 1. The molecule has 1 amide bonds. The highest BCUT2D eigenvalue weighted by atomic mass is 32.2. The number of carbonyl (C=O) groups excluding carboxylic acids is 1. The molecule has 0 aliphatic heterocycles. The van der Waals surface area contributed by atoms with Gasteiger partial charge in [0.1, 0.15) is 12.4 Å². The third-order valence-electron chi connectivity index (χ3n) is 4.03. The van der Waals surface area contributed by atoms with Crippen molar-refractivity contribution in [2.45, 2.75) is 12.8 Å². The Kier molecular flexibility index (Phi) is 8.26. The first kappa shape index (κ1) is 22.5. The Labute approximate surface area is 170 Å². The second-order valence-electron chi connectivity index (χ2n) is 6.26. The van der Waals surface area contributed by atoms with E-state index in [1.54, 1.807) is 19.2 Å². The average Bonchev–Trinajstić information content (AvgIpc) is 2.69. The van der Waals surface area contributed by atoms with Crippen LogP contribution in [0.5, 0.6) is 11.5 Å². The van der Waals surface area contributed by atoms with Crippen LogP contribution in [0, 0.1) is 5.82 Å². The molecule has 2 rings (SSSR count). The monoisotopic (exact) mass is 424 g/mol. The Balaban J connectivity index is 1.75. The summed E-state index contributed by atoms with van der Waals surface area (Å²) in [4.78, 5) is 12.0. The number of anilines is 1. The van der Waals surface area contributed by atoms with E-state index in [1.807, 2.05) is 12.1 Å². The van der Waals surface area contributed by atoms with Crippen molar-refractivity contribution in [3.8, 4) is 11.5 Å². The Morgan fingerprint density at radius 2 is 1.76 bits per heavy atom. The molecular formula is C20H25FN2O5S. The molecule has 7 nitrogen and oxygen atoms in total. The van der Waals surface area contributed by atoms with Crippen LogP contribution >= 0.6 is 0 Å². The standard InChI is InChI=1S/C20H25FN2O5S/c1-27-18-6-3-4-7-19(18)28-15-13-22-20(24)8-5-14-23(29(2,25)26)17-11-9-16(21)10-12-17/h3-4,6-7,9-12H,5,8,13-15H2,1-2H3,(H,22,24). The molecule has 0 aliphatic carbocycles. The maximum atomic E-state index is 13.1. The number of hydrogen-bond acceptors (Lipinski definition) is 5. The van der Waals surface area contributed by atoms with Gasteiger partial charge in [-0.2, -0.15) is 0 Å². The maximum absolute atomic E-state index is 13.1. The summed E-state index contributed by atoms with van der Waals surface area (Å²) in [6.45, 7) is 0.706. The van der Waals surface area contributed by atoms with E-state index in [-0.39, 0.29) is 25.5 Å². The Morgan fingerprint density at radius 3 is 2.38 bits per heavy atom. The lowest BCUT2D eigenvalue weighted by atomic mass is 10.2. The lowest BCUT2D eigenvalue weighted by molar-refractivity contribution is -0.121. The van der Waals surface area contributed by atoms with Gasteiger partial charge in [0.15, 0.2) is 11.5 Å². The van der Waals surface area contributed by atoms with Crippen molar-refractivity contribution in [2.24, 2.45) is 0 Å². The summed E-state index contributed by atoms with van der Waals surface area (Å²) in [5, 5.41) is 2.73. The number of carbonyl (C=O) groups is 1. The Bertz CT molecular complexity index is 903. The first-order valence-corrected chi connectivity index (χ1v) is 10.9. The molecule has 1 N–H and O–H groups in total. The van der Waals surface area contributed by atoms with Gasteiger partial charge in [-0.1, -0.05) is 12.1 Å². The molecule has 0 heterocycles. The van der Waals surface area contributed by atoms with Gasteiger partial charge < -0.3 is 14.8 Å². The van der Waals surface area contributed by atoms with Crippen LogP contribution in [0.25, 0.3) is 0 Å². The van der Waals surface area contributed by atoms with E-state index < -0.39 is 15.8 Å². The summed E-state index contributed by atoms with van der Waals surface area (Å²) >= 11 is 0. The fourth-order valence-electron chi connectivity index (χ4n) is 2.65. The van der Waals surface area contributed by atoms with E-state index in [2.05, 4.69) is 5.32 Å². The summed E-state index contributed by atoms with van der Waals surface area (Å²) in [5.74, 6) is 0.547. The van der Waals surface area contributed by atoms with Gasteiger partial charge in [0.25, 0.3) is 0 Å². The highest BCUT2D eigenvalue weighted by molar-refractivity contribution is 7.92. The summed E-state index contributed by atoms with van der Waals surface area (Å²) in [6, 6.07) is 12.4. The van der Waals surface area contributed by atoms with Crippen LogP contribution in [0.1, 0.15) is 12.8 Å². The molecule has 0 aliphatic rings. The van der Waals surface area contributed by atoms with Gasteiger partial charge in [0.2, 0.25) is 15.9 Å². The van der Waals surface area contributed by atoms with Crippen molar-refractivity contribution in [1.82, 2.24) is 5.32 Å². The van der Waals surface area contributed by atoms with Crippen molar-refractivity contribution in [3.05, 3.63) is 54.3 Å².